The molecule has 100 valence electrons. The van der Waals surface area contributed by atoms with Gasteiger partial charge in [-0.05, 0) is 72.3 Å². The number of halogens is 1. The monoisotopic (exact) mass is 311 g/mol. The molecule has 1 atom stereocenters. The van der Waals surface area contributed by atoms with Gasteiger partial charge >= 0.3 is 0 Å². The molecule has 0 aliphatic heterocycles. The van der Waals surface area contributed by atoms with Crippen molar-refractivity contribution >= 4 is 15.9 Å². The van der Waals surface area contributed by atoms with Gasteiger partial charge in [-0.15, -0.1) is 0 Å². The Morgan fingerprint density at radius 2 is 2.22 bits per heavy atom. The first-order valence-electron chi connectivity index (χ1n) is 6.86. The highest BCUT2D eigenvalue weighted by Gasteiger charge is 2.22. The van der Waals surface area contributed by atoms with Crippen LogP contribution in [0, 0.1) is 5.92 Å². The summed E-state index contributed by atoms with van der Waals surface area (Å²) in [6.45, 7) is 6.30. The third-order valence-corrected chi connectivity index (χ3v) is 3.95. The van der Waals surface area contributed by atoms with Crippen LogP contribution in [0.5, 0.6) is 5.75 Å². The van der Waals surface area contributed by atoms with Gasteiger partial charge in [0.2, 0.25) is 0 Å². The molecule has 0 saturated heterocycles. The third-order valence-electron chi connectivity index (χ3n) is 3.33. The lowest BCUT2D eigenvalue weighted by atomic mass is 10.1. The van der Waals surface area contributed by atoms with Gasteiger partial charge < -0.3 is 10.1 Å². The predicted molar refractivity (Wildman–Crippen MR) is 79.1 cm³/mol. The van der Waals surface area contributed by atoms with E-state index in [4.69, 9.17) is 4.74 Å². The first-order chi connectivity index (χ1) is 8.70. The fourth-order valence-corrected chi connectivity index (χ4v) is 2.39. The van der Waals surface area contributed by atoms with E-state index in [-0.39, 0.29) is 0 Å². The average molecular weight is 312 g/mol. The van der Waals surface area contributed by atoms with Crippen molar-refractivity contribution in [3.8, 4) is 5.75 Å². The fourth-order valence-electron chi connectivity index (χ4n) is 1.87. The molecule has 18 heavy (non-hydrogen) atoms. The zero-order valence-corrected chi connectivity index (χ0v) is 12.8. The first-order valence-corrected chi connectivity index (χ1v) is 7.65. The molecule has 1 unspecified atom stereocenters. The smallest absolute Gasteiger partial charge is 0.133 e. The Morgan fingerprint density at radius 1 is 1.44 bits per heavy atom. The first kappa shape index (κ1) is 13.9. The summed E-state index contributed by atoms with van der Waals surface area (Å²) in [6.07, 6.45) is 3.81. The number of nitrogens with one attached hydrogen (secondary N) is 1. The molecule has 1 aromatic rings. The van der Waals surface area contributed by atoms with Gasteiger partial charge in [0.25, 0.3) is 0 Å². The maximum absolute atomic E-state index is 5.81. The summed E-state index contributed by atoms with van der Waals surface area (Å²) in [5.74, 6) is 1.76. The molecule has 1 aromatic carbocycles. The molecule has 0 heterocycles. The second kappa shape index (κ2) is 6.58. The summed E-state index contributed by atoms with van der Waals surface area (Å²) in [4.78, 5) is 0. The number of rotatable bonds is 7. The third kappa shape index (κ3) is 3.99. The highest BCUT2D eigenvalue weighted by atomic mass is 79.9. The van der Waals surface area contributed by atoms with E-state index in [1.54, 1.807) is 0 Å². The SMILES string of the molecule is CCCNC(C)c1ccc(OCC2CC2)c(Br)c1. The molecule has 0 bridgehead atoms. The molecule has 1 N–H and O–H groups in total. The fraction of sp³-hybridized carbons (Fsp3) is 0.600. The minimum atomic E-state index is 0.388. The summed E-state index contributed by atoms with van der Waals surface area (Å²) in [7, 11) is 0. The summed E-state index contributed by atoms with van der Waals surface area (Å²) in [5, 5.41) is 3.49. The van der Waals surface area contributed by atoms with E-state index in [1.807, 2.05) is 0 Å². The van der Waals surface area contributed by atoms with E-state index in [0.717, 1.165) is 35.7 Å². The standard InChI is InChI=1S/C15H22BrNO/c1-3-8-17-11(2)13-6-7-15(14(16)9-13)18-10-12-4-5-12/h6-7,9,11-12,17H,3-5,8,10H2,1-2H3. The molecule has 1 fully saturated rings. The predicted octanol–water partition coefficient (Wildman–Crippen LogP) is 4.30. The molecule has 1 aliphatic rings. The molecule has 0 radical (unpaired) electrons. The maximum Gasteiger partial charge on any atom is 0.133 e. The Bertz CT molecular complexity index is 390. The van der Waals surface area contributed by atoms with Crippen LogP contribution < -0.4 is 10.1 Å². The minimum absolute atomic E-state index is 0.388. The highest BCUT2D eigenvalue weighted by Crippen LogP contribution is 2.33. The van der Waals surface area contributed by atoms with E-state index in [0.29, 0.717) is 6.04 Å². The van der Waals surface area contributed by atoms with Gasteiger partial charge in [0.1, 0.15) is 5.75 Å². The Hall–Kier alpha value is -0.540. The van der Waals surface area contributed by atoms with Gasteiger partial charge in [0, 0.05) is 6.04 Å². The van der Waals surface area contributed by atoms with Crippen molar-refractivity contribution in [2.75, 3.05) is 13.2 Å². The number of hydrogen-bond acceptors (Lipinski definition) is 2. The number of ether oxygens (including phenoxy) is 1. The van der Waals surface area contributed by atoms with Crippen LogP contribution in [0.25, 0.3) is 0 Å². The van der Waals surface area contributed by atoms with Crippen LogP contribution in [-0.4, -0.2) is 13.2 Å². The quantitative estimate of drug-likeness (QED) is 0.810. The van der Waals surface area contributed by atoms with Crippen LogP contribution in [0.15, 0.2) is 22.7 Å². The molecule has 1 aliphatic carbocycles. The van der Waals surface area contributed by atoms with Crippen LogP contribution in [0.4, 0.5) is 0 Å². The lowest BCUT2D eigenvalue weighted by Crippen LogP contribution is -2.19. The van der Waals surface area contributed by atoms with Gasteiger partial charge in [0.15, 0.2) is 0 Å². The van der Waals surface area contributed by atoms with Gasteiger partial charge in [-0.2, -0.15) is 0 Å². The second-order valence-corrected chi connectivity index (χ2v) is 5.97. The van der Waals surface area contributed by atoms with Crippen molar-refractivity contribution in [2.45, 2.75) is 39.2 Å². The van der Waals surface area contributed by atoms with Crippen molar-refractivity contribution in [1.29, 1.82) is 0 Å². The minimum Gasteiger partial charge on any atom is -0.492 e. The van der Waals surface area contributed by atoms with Crippen molar-refractivity contribution in [2.24, 2.45) is 5.92 Å². The zero-order chi connectivity index (χ0) is 13.0. The molecule has 0 amide bonds. The summed E-state index contributed by atoms with van der Waals surface area (Å²) >= 11 is 3.60. The van der Waals surface area contributed by atoms with Crippen LogP contribution in [0.3, 0.4) is 0 Å². The molecule has 3 heteroatoms. The zero-order valence-electron chi connectivity index (χ0n) is 11.2. The average Bonchev–Trinajstić information content (AvgIpc) is 3.18. The van der Waals surface area contributed by atoms with Gasteiger partial charge in [-0.1, -0.05) is 13.0 Å². The van der Waals surface area contributed by atoms with E-state index in [2.05, 4.69) is 53.3 Å². The van der Waals surface area contributed by atoms with Crippen molar-refractivity contribution in [3.05, 3.63) is 28.2 Å². The molecule has 1 saturated carbocycles. The van der Waals surface area contributed by atoms with Crippen LogP contribution >= 0.6 is 15.9 Å². The lowest BCUT2D eigenvalue weighted by molar-refractivity contribution is 0.298. The summed E-state index contributed by atoms with van der Waals surface area (Å²) in [5.41, 5.74) is 1.30. The van der Waals surface area contributed by atoms with Crippen molar-refractivity contribution in [3.63, 3.8) is 0 Å². The Morgan fingerprint density at radius 3 is 2.83 bits per heavy atom. The Labute approximate surface area is 118 Å². The second-order valence-electron chi connectivity index (χ2n) is 5.12. The largest absolute Gasteiger partial charge is 0.492 e. The highest BCUT2D eigenvalue weighted by molar-refractivity contribution is 9.10. The molecular weight excluding hydrogens is 290 g/mol. The van der Waals surface area contributed by atoms with E-state index < -0.39 is 0 Å². The molecule has 0 spiro atoms. The topological polar surface area (TPSA) is 21.3 Å². The Kier molecular flexibility index (Phi) is 5.07. The summed E-state index contributed by atoms with van der Waals surface area (Å²) in [6, 6.07) is 6.78. The van der Waals surface area contributed by atoms with E-state index in [1.165, 1.54) is 18.4 Å². The molecule has 0 aromatic heterocycles. The number of benzene rings is 1. The Balaban J connectivity index is 1.94. The van der Waals surface area contributed by atoms with Crippen LogP contribution in [-0.2, 0) is 0 Å². The van der Waals surface area contributed by atoms with Crippen LogP contribution in [0.1, 0.15) is 44.7 Å². The van der Waals surface area contributed by atoms with Crippen molar-refractivity contribution < 1.29 is 4.74 Å². The van der Waals surface area contributed by atoms with E-state index >= 15 is 0 Å². The normalized spacial score (nSPS) is 16.6. The maximum atomic E-state index is 5.81. The summed E-state index contributed by atoms with van der Waals surface area (Å²) < 4.78 is 6.87. The lowest BCUT2D eigenvalue weighted by Gasteiger charge is -2.15. The number of hydrogen-bond donors (Lipinski definition) is 1. The van der Waals surface area contributed by atoms with E-state index in [9.17, 15) is 0 Å². The molecule has 2 nitrogen and oxygen atoms in total. The van der Waals surface area contributed by atoms with Gasteiger partial charge in [-0.3, -0.25) is 0 Å². The van der Waals surface area contributed by atoms with Gasteiger partial charge in [0.05, 0.1) is 11.1 Å². The van der Waals surface area contributed by atoms with Crippen molar-refractivity contribution in [1.82, 2.24) is 5.32 Å². The van der Waals surface area contributed by atoms with Crippen LogP contribution in [0.2, 0.25) is 0 Å². The molecular formula is C15H22BrNO. The molecule has 2 rings (SSSR count). The van der Waals surface area contributed by atoms with Gasteiger partial charge in [-0.25, -0.2) is 0 Å².